The fraction of sp³-hybridized carbons (Fsp3) is 0.667. The van der Waals surface area contributed by atoms with Crippen LogP contribution in [0.3, 0.4) is 0 Å². The van der Waals surface area contributed by atoms with Gasteiger partial charge in [0.2, 0.25) is 0 Å². The summed E-state index contributed by atoms with van der Waals surface area (Å²) in [5.41, 5.74) is 2.52. The van der Waals surface area contributed by atoms with Gasteiger partial charge in [-0.15, -0.1) is 0 Å². The van der Waals surface area contributed by atoms with Crippen molar-refractivity contribution in [3.05, 3.63) is 29.6 Å². The molecule has 1 saturated carbocycles. The molecule has 2 aliphatic carbocycles. The van der Waals surface area contributed by atoms with Gasteiger partial charge in [-0.1, -0.05) is 13.0 Å². The number of aromatic nitrogens is 1. The van der Waals surface area contributed by atoms with E-state index < -0.39 is 0 Å². The van der Waals surface area contributed by atoms with E-state index in [9.17, 15) is 5.11 Å². The second kappa shape index (κ2) is 4.41. The van der Waals surface area contributed by atoms with E-state index in [2.05, 4.69) is 18.0 Å². The summed E-state index contributed by atoms with van der Waals surface area (Å²) in [6.07, 6.45) is 7.70. The normalized spacial score (nSPS) is 27.3. The molecule has 1 aromatic rings. The van der Waals surface area contributed by atoms with E-state index >= 15 is 0 Å². The predicted molar refractivity (Wildman–Crippen MR) is 67.8 cm³/mol. The summed E-state index contributed by atoms with van der Waals surface area (Å²) >= 11 is 0. The maximum absolute atomic E-state index is 10.6. The largest absolute Gasteiger partial charge is 0.392 e. The van der Waals surface area contributed by atoms with Crippen molar-refractivity contribution in [3.8, 4) is 0 Å². The highest BCUT2D eigenvalue weighted by Gasteiger charge is 2.38. The van der Waals surface area contributed by atoms with Gasteiger partial charge in [-0.25, -0.2) is 0 Å². The number of aliphatic hydroxyl groups excluding tert-OH is 1. The zero-order valence-electron chi connectivity index (χ0n) is 10.5. The highest BCUT2D eigenvalue weighted by molar-refractivity contribution is 5.27. The van der Waals surface area contributed by atoms with Crippen molar-refractivity contribution in [1.29, 1.82) is 0 Å². The minimum Gasteiger partial charge on any atom is -0.392 e. The number of aryl methyl sites for hydroxylation is 1. The molecule has 0 radical (unpaired) electrons. The van der Waals surface area contributed by atoms with E-state index in [1.807, 2.05) is 12.3 Å². The van der Waals surface area contributed by atoms with Crippen molar-refractivity contribution in [2.75, 3.05) is 0 Å². The van der Waals surface area contributed by atoms with E-state index in [-0.39, 0.29) is 12.0 Å². The third-order valence-electron chi connectivity index (χ3n) is 4.56. The predicted octanol–water partition coefficient (Wildman–Crippen LogP) is 2.91. The molecule has 2 aliphatic rings. The number of rotatable bonds is 3. The van der Waals surface area contributed by atoms with E-state index in [1.165, 1.54) is 30.5 Å². The average molecular weight is 231 g/mol. The van der Waals surface area contributed by atoms with E-state index in [0.29, 0.717) is 5.92 Å². The molecular weight excluding hydrogens is 210 g/mol. The maximum atomic E-state index is 10.6. The van der Waals surface area contributed by atoms with Crippen LogP contribution in [0.15, 0.2) is 18.3 Å². The summed E-state index contributed by atoms with van der Waals surface area (Å²) in [6.45, 7) is 2.21. The Morgan fingerprint density at radius 1 is 1.35 bits per heavy atom. The van der Waals surface area contributed by atoms with Gasteiger partial charge < -0.3 is 5.11 Å². The number of aliphatic hydroxyl groups is 1. The van der Waals surface area contributed by atoms with Crippen LogP contribution in [0.1, 0.15) is 49.8 Å². The molecule has 0 aliphatic heterocycles. The fourth-order valence-corrected chi connectivity index (χ4v) is 3.25. The Hall–Kier alpha value is -0.890. The van der Waals surface area contributed by atoms with Crippen LogP contribution in [0.2, 0.25) is 0 Å². The van der Waals surface area contributed by atoms with Crippen LogP contribution in [0, 0.1) is 11.8 Å². The van der Waals surface area contributed by atoms with Crippen molar-refractivity contribution < 1.29 is 5.11 Å². The minimum absolute atomic E-state index is 0.198. The molecule has 1 fully saturated rings. The Morgan fingerprint density at radius 2 is 2.18 bits per heavy atom. The third-order valence-corrected chi connectivity index (χ3v) is 4.56. The van der Waals surface area contributed by atoms with Crippen molar-refractivity contribution >= 4 is 0 Å². The minimum atomic E-state index is -0.198. The first kappa shape index (κ1) is 11.2. The molecule has 0 aromatic carbocycles. The molecule has 17 heavy (non-hydrogen) atoms. The molecular formula is C15H21NO. The summed E-state index contributed by atoms with van der Waals surface area (Å²) in [5, 5.41) is 10.6. The first-order chi connectivity index (χ1) is 8.27. The van der Waals surface area contributed by atoms with E-state index in [4.69, 9.17) is 0 Å². The van der Waals surface area contributed by atoms with E-state index in [1.54, 1.807) is 0 Å². The lowest BCUT2D eigenvalue weighted by atomic mass is 9.78. The topological polar surface area (TPSA) is 33.1 Å². The molecule has 0 saturated heterocycles. The number of fused-ring (bicyclic) bond motifs is 1. The van der Waals surface area contributed by atoms with Gasteiger partial charge >= 0.3 is 0 Å². The number of nitrogens with zero attached hydrogens (tertiary/aromatic N) is 1. The van der Waals surface area contributed by atoms with E-state index in [0.717, 1.165) is 18.8 Å². The standard InChI is InChI=1S/C15H21NO/c1-10(11-7-8-11)15(17)13-6-2-4-12-5-3-9-16-14(12)13/h3,5,9-11,13,15,17H,2,4,6-8H2,1H3. The third kappa shape index (κ3) is 2.11. The fourth-order valence-electron chi connectivity index (χ4n) is 3.25. The molecule has 0 spiro atoms. The second-order valence-electron chi connectivity index (χ2n) is 5.73. The Labute approximate surface area is 103 Å². The number of hydrogen-bond acceptors (Lipinski definition) is 2. The SMILES string of the molecule is CC(C1CC1)C(O)C1CCCc2cccnc21. The Bertz CT molecular complexity index is 400. The van der Waals surface area contributed by atoms with Gasteiger partial charge in [-0.05, 0) is 55.6 Å². The molecule has 2 nitrogen and oxygen atoms in total. The summed E-state index contributed by atoms with van der Waals surface area (Å²) in [6, 6.07) is 4.18. The molecule has 0 bridgehead atoms. The number of pyridine rings is 1. The zero-order chi connectivity index (χ0) is 11.8. The first-order valence-corrected chi connectivity index (χ1v) is 6.89. The second-order valence-corrected chi connectivity index (χ2v) is 5.73. The summed E-state index contributed by atoms with van der Waals surface area (Å²) < 4.78 is 0. The average Bonchev–Trinajstić information content (AvgIpc) is 3.20. The monoisotopic (exact) mass is 231 g/mol. The lowest BCUT2D eigenvalue weighted by Crippen LogP contribution is -2.30. The van der Waals surface area contributed by atoms with Gasteiger partial charge in [-0.2, -0.15) is 0 Å². The molecule has 1 N–H and O–H groups in total. The Balaban J connectivity index is 1.83. The molecule has 1 aromatic heterocycles. The molecule has 0 amide bonds. The summed E-state index contributed by atoms with van der Waals surface area (Å²) in [7, 11) is 0. The maximum Gasteiger partial charge on any atom is 0.0652 e. The first-order valence-electron chi connectivity index (χ1n) is 6.89. The molecule has 3 rings (SSSR count). The van der Waals surface area contributed by atoms with Gasteiger partial charge in [0, 0.05) is 17.8 Å². The molecule has 3 atom stereocenters. The van der Waals surface area contributed by atoms with Crippen molar-refractivity contribution in [2.45, 2.75) is 51.0 Å². The van der Waals surface area contributed by atoms with Crippen LogP contribution >= 0.6 is 0 Å². The van der Waals surface area contributed by atoms with Crippen molar-refractivity contribution in [1.82, 2.24) is 4.98 Å². The summed E-state index contributed by atoms with van der Waals surface area (Å²) in [4.78, 5) is 4.52. The molecule has 3 unspecified atom stereocenters. The smallest absolute Gasteiger partial charge is 0.0652 e. The lowest BCUT2D eigenvalue weighted by Gasteiger charge is -2.31. The lowest BCUT2D eigenvalue weighted by molar-refractivity contribution is 0.0702. The molecule has 92 valence electrons. The highest BCUT2D eigenvalue weighted by Crippen LogP contribution is 2.43. The van der Waals surface area contributed by atoms with Crippen LogP contribution in [0.4, 0.5) is 0 Å². The van der Waals surface area contributed by atoms with Crippen LogP contribution in [0.25, 0.3) is 0 Å². The van der Waals surface area contributed by atoms with Gasteiger partial charge in [0.15, 0.2) is 0 Å². The molecule has 1 heterocycles. The van der Waals surface area contributed by atoms with Crippen LogP contribution < -0.4 is 0 Å². The van der Waals surface area contributed by atoms with Gasteiger partial charge in [0.1, 0.15) is 0 Å². The summed E-state index contributed by atoms with van der Waals surface area (Å²) in [5.74, 6) is 1.47. The zero-order valence-corrected chi connectivity index (χ0v) is 10.5. The quantitative estimate of drug-likeness (QED) is 0.867. The molecule has 2 heteroatoms. The van der Waals surface area contributed by atoms with Crippen LogP contribution in [-0.2, 0) is 6.42 Å². The van der Waals surface area contributed by atoms with Gasteiger partial charge in [0.25, 0.3) is 0 Å². The van der Waals surface area contributed by atoms with Gasteiger partial charge in [-0.3, -0.25) is 4.98 Å². The Kier molecular flexibility index (Phi) is 2.91. The van der Waals surface area contributed by atoms with Crippen LogP contribution in [-0.4, -0.2) is 16.2 Å². The van der Waals surface area contributed by atoms with Crippen molar-refractivity contribution in [3.63, 3.8) is 0 Å². The van der Waals surface area contributed by atoms with Crippen molar-refractivity contribution in [2.24, 2.45) is 11.8 Å². The van der Waals surface area contributed by atoms with Gasteiger partial charge in [0.05, 0.1) is 6.10 Å². The number of hydrogen-bond donors (Lipinski definition) is 1. The Morgan fingerprint density at radius 3 is 2.94 bits per heavy atom. The highest BCUT2D eigenvalue weighted by atomic mass is 16.3. The van der Waals surface area contributed by atoms with Crippen LogP contribution in [0.5, 0.6) is 0 Å².